The normalized spacial score (nSPS) is 16.4. The summed E-state index contributed by atoms with van der Waals surface area (Å²) in [4.78, 5) is 15.4. The van der Waals surface area contributed by atoms with Gasteiger partial charge in [-0.3, -0.25) is 9.69 Å². The van der Waals surface area contributed by atoms with Crippen LogP contribution in [0, 0.1) is 6.92 Å². The zero-order valence-electron chi connectivity index (χ0n) is 17.1. The summed E-state index contributed by atoms with van der Waals surface area (Å²) >= 11 is 6.87. The van der Waals surface area contributed by atoms with Gasteiger partial charge in [0.05, 0.1) is 4.91 Å². The van der Waals surface area contributed by atoms with E-state index in [-0.39, 0.29) is 11.4 Å². The van der Waals surface area contributed by atoms with Crippen molar-refractivity contribution in [2.45, 2.75) is 39.8 Å². The monoisotopic (exact) mass is 420 g/mol. The average molecular weight is 421 g/mol. The number of thiocarbonyl (C=S) groups is 1. The van der Waals surface area contributed by atoms with E-state index >= 15 is 0 Å². The van der Waals surface area contributed by atoms with Crippen molar-refractivity contribution >= 4 is 51.2 Å². The first-order valence-electron chi connectivity index (χ1n) is 9.65. The van der Waals surface area contributed by atoms with Crippen LogP contribution >= 0.6 is 24.0 Å². The summed E-state index contributed by atoms with van der Waals surface area (Å²) in [6.07, 6.45) is 4.12. The van der Waals surface area contributed by atoms with Gasteiger partial charge in [-0.1, -0.05) is 72.0 Å². The molecule has 3 nitrogen and oxygen atoms in total. The van der Waals surface area contributed by atoms with Crippen LogP contribution in [0.1, 0.15) is 37.5 Å². The van der Waals surface area contributed by atoms with Gasteiger partial charge >= 0.3 is 0 Å². The van der Waals surface area contributed by atoms with E-state index in [4.69, 9.17) is 12.2 Å². The molecule has 3 aromatic rings. The molecular weight excluding hydrogens is 396 g/mol. The van der Waals surface area contributed by atoms with Crippen molar-refractivity contribution in [2.24, 2.45) is 0 Å². The standard InChI is InChI=1S/C24H24N2OS2/c1-16-9-11-17(12-10-16)14-25-15-18(19-7-5-6-8-20(19)25)13-21-22(27)26(23(28)29-21)24(2,3)4/h5-13,15H,14H2,1-4H3/b21-13+. The number of thioether (sulfide) groups is 1. The summed E-state index contributed by atoms with van der Waals surface area (Å²) in [6, 6.07) is 16.9. The van der Waals surface area contributed by atoms with E-state index < -0.39 is 0 Å². The van der Waals surface area contributed by atoms with Crippen molar-refractivity contribution in [3.8, 4) is 0 Å². The lowest BCUT2D eigenvalue weighted by Gasteiger charge is -2.30. The molecule has 148 valence electrons. The van der Waals surface area contributed by atoms with Crippen LogP contribution in [0.15, 0.2) is 59.6 Å². The fourth-order valence-electron chi connectivity index (χ4n) is 3.60. The highest BCUT2D eigenvalue weighted by Gasteiger charge is 2.39. The molecule has 2 aromatic carbocycles. The lowest BCUT2D eigenvalue weighted by atomic mass is 10.1. The molecule has 0 spiro atoms. The summed E-state index contributed by atoms with van der Waals surface area (Å²) in [5.41, 5.74) is 4.39. The maximum absolute atomic E-state index is 13.0. The predicted molar refractivity (Wildman–Crippen MR) is 127 cm³/mol. The molecule has 0 N–H and O–H groups in total. The largest absolute Gasteiger partial charge is 0.342 e. The van der Waals surface area contributed by atoms with Crippen molar-refractivity contribution < 1.29 is 4.79 Å². The highest BCUT2D eigenvalue weighted by Crippen LogP contribution is 2.38. The van der Waals surface area contributed by atoms with Crippen molar-refractivity contribution in [3.63, 3.8) is 0 Å². The molecule has 29 heavy (non-hydrogen) atoms. The Balaban J connectivity index is 1.74. The van der Waals surface area contributed by atoms with Crippen molar-refractivity contribution in [2.75, 3.05) is 0 Å². The molecule has 5 heteroatoms. The minimum atomic E-state index is -0.323. The Morgan fingerprint density at radius 1 is 1.07 bits per heavy atom. The number of para-hydroxylation sites is 1. The van der Waals surface area contributed by atoms with Crippen LogP contribution in [0.2, 0.25) is 0 Å². The highest BCUT2D eigenvalue weighted by molar-refractivity contribution is 8.26. The van der Waals surface area contributed by atoms with Crippen LogP contribution in [-0.4, -0.2) is 25.2 Å². The molecule has 0 aliphatic carbocycles. The van der Waals surface area contributed by atoms with Gasteiger partial charge in [-0.25, -0.2) is 0 Å². The molecule has 1 amide bonds. The molecule has 0 radical (unpaired) electrons. The lowest BCUT2D eigenvalue weighted by Crippen LogP contribution is -2.44. The number of carbonyl (C=O) groups excluding carboxylic acids is 1. The van der Waals surface area contributed by atoms with E-state index in [2.05, 4.69) is 60.2 Å². The Kier molecular flexibility index (Phi) is 5.13. The van der Waals surface area contributed by atoms with Crippen LogP contribution in [0.5, 0.6) is 0 Å². The molecular formula is C24H24N2OS2. The first kappa shape index (κ1) is 19.9. The van der Waals surface area contributed by atoms with E-state index in [0.717, 1.165) is 23.0 Å². The van der Waals surface area contributed by atoms with Gasteiger partial charge in [0.2, 0.25) is 0 Å². The zero-order chi connectivity index (χ0) is 20.8. The highest BCUT2D eigenvalue weighted by atomic mass is 32.2. The molecule has 1 aliphatic rings. The van der Waals surface area contributed by atoms with E-state index in [1.54, 1.807) is 4.90 Å². The number of benzene rings is 2. The second-order valence-electron chi connectivity index (χ2n) is 8.40. The molecule has 1 saturated heterocycles. The molecule has 1 aliphatic heterocycles. The molecule has 0 unspecified atom stereocenters. The van der Waals surface area contributed by atoms with E-state index in [1.807, 2.05) is 32.9 Å². The van der Waals surface area contributed by atoms with Crippen LogP contribution < -0.4 is 0 Å². The van der Waals surface area contributed by atoms with Gasteiger partial charge in [0, 0.05) is 34.7 Å². The number of hydrogen-bond donors (Lipinski definition) is 0. The van der Waals surface area contributed by atoms with Crippen molar-refractivity contribution in [1.29, 1.82) is 0 Å². The molecule has 1 aromatic heterocycles. The molecule has 0 saturated carbocycles. The smallest absolute Gasteiger partial charge is 0.266 e. The van der Waals surface area contributed by atoms with E-state index in [1.165, 1.54) is 22.9 Å². The van der Waals surface area contributed by atoms with Crippen molar-refractivity contribution in [3.05, 3.63) is 76.3 Å². The van der Waals surface area contributed by atoms with Crippen LogP contribution in [-0.2, 0) is 11.3 Å². The fourth-order valence-corrected chi connectivity index (χ4v) is 5.23. The average Bonchev–Trinajstić information content (AvgIpc) is 3.14. The SMILES string of the molecule is Cc1ccc(Cn2cc(/C=C3/SC(=S)N(C(C)(C)C)C3=O)c3ccccc32)cc1. The van der Waals surface area contributed by atoms with Gasteiger partial charge in [-0.2, -0.15) is 0 Å². The topological polar surface area (TPSA) is 25.2 Å². The number of amides is 1. The zero-order valence-corrected chi connectivity index (χ0v) is 18.7. The summed E-state index contributed by atoms with van der Waals surface area (Å²) in [5.74, 6) is -0.0112. The fraction of sp³-hybridized carbons (Fsp3) is 0.250. The Morgan fingerprint density at radius 3 is 2.41 bits per heavy atom. The Bertz CT molecular complexity index is 1130. The summed E-state index contributed by atoms with van der Waals surface area (Å²) in [5, 5.41) is 1.14. The maximum atomic E-state index is 13.0. The first-order chi connectivity index (χ1) is 13.7. The molecule has 1 fully saturated rings. The number of aryl methyl sites for hydroxylation is 1. The Hall–Kier alpha value is -2.37. The number of rotatable bonds is 3. The molecule has 2 heterocycles. The molecule has 4 rings (SSSR count). The minimum Gasteiger partial charge on any atom is -0.342 e. The van der Waals surface area contributed by atoms with Gasteiger partial charge < -0.3 is 4.57 Å². The molecule has 0 atom stereocenters. The number of fused-ring (bicyclic) bond motifs is 1. The number of aromatic nitrogens is 1. The predicted octanol–water partition coefficient (Wildman–Crippen LogP) is 6.00. The van der Waals surface area contributed by atoms with E-state index in [9.17, 15) is 4.79 Å². The second kappa shape index (κ2) is 7.47. The van der Waals surface area contributed by atoms with Crippen LogP contribution in [0.25, 0.3) is 17.0 Å². The first-order valence-corrected chi connectivity index (χ1v) is 10.9. The van der Waals surface area contributed by atoms with Gasteiger partial charge in [-0.15, -0.1) is 0 Å². The van der Waals surface area contributed by atoms with Crippen LogP contribution in [0.3, 0.4) is 0 Å². The summed E-state index contributed by atoms with van der Waals surface area (Å²) in [7, 11) is 0. The number of hydrogen-bond acceptors (Lipinski definition) is 3. The Morgan fingerprint density at radius 2 is 1.76 bits per heavy atom. The third-order valence-corrected chi connectivity index (χ3v) is 6.35. The minimum absolute atomic E-state index is 0.0112. The lowest BCUT2D eigenvalue weighted by molar-refractivity contribution is -0.125. The third kappa shape index (κ3) is 3.89. The number of carbonyl (C=O) groups is 1. The third-order valence-electron chi connectivity index (χ3n) is 5.04. The maximum Gasteiger partial charge on any atom is 0.266 e. The summed E-state index contributed by atoms with van der Waals surface area (Å²) < 4.78 is 2.87. The number of nitrogens with zero attached hydrogens (tertiary/aromatic N) is 2. The van der Waals surface area contributed by atoms with Crippen LogP contribution in [0.4, 0.5) is 0 Å². The summed E-state index contributed by atoms with van der Waals surface area (Å²) in [6.45, 7) is 8.91. The van der Waals surface area contributed by atoms with Gasteiger partial charge in [0.15, 0.2) is 0 Å². The Labute approximate surface area is 181 Å². The van der Waals surface area contributed by atoms with E-state index in [0.29, 0.717) is 9.23 Å². The molecule has 0 bridgehead atoms. The van der Waals surface area contributed by atoms with Gasteiger partial charge in [0.1, 0.15) is 4.32 Å². The van der Waals surface area contributed by atoms with Gasteiger partial charge in [0.25, 0.3) is 5.91 Å². The van der Waals surface area contributed by atoms with Crippen molar-refractivity contribution in [1.82, 2.24) is 9.47 Å². The van der Waals surface area contributed by atoms with Gasteiger partial charge in [-0.05, 0) is 45.4 Å². The quantitative estimate of drug-likeness (QED) is 0.384. The second-order valence-corrected chi connectivity index (χ2v) is 10.1.